The molecule has 8 heteroatoms. The maximum absolute atomic E-state index is 14.4. The SMILES string of the molecule is COC[C@H]1CN(c2ccc(F)c(-c3[nH]nc4ncccc34)n2)CCN1. The molecule has 1 aliphatic heterocycles. The third kappa shape index (κ3) is 3.06. The van der Waals surface area contributed by atoms with Crippen LogP contribution in [0, 0.1) is 5.82 Å². The summed E-state index contributed by atoms with van der Waals surface area (Å²) >= 11 is 0. The molecule has 7 nitrogen and oxygen atoms in total. The van der Waals surface area contributed by atoms with Crippen LogP contribution in [0.1, 0.15) is 0 Å². The van der Waals surface area contributed by atoms with E-state index in [1.165, 1.54) is 6.07 Å². The zero-order valence-electron chi connectivity index (χ0n) is 13.9. The lowest BCUT2D eigenvalue weighted by Crippen LogP contribution is -2.52. The highest BCUT2D eigenvalue weighted by Gasteiger charge is 2.22. The standard InChI is InChI=1S/C17H19FN6O/c1-25-10-11-9-24(8-7-19-11)14-5-4-13(18)16(21-14)15-12-3-2-6-20-17(12)23-22-15/h2-6,11,19H,7-10H2,1H3,(H,20,22,23)/t11-/m1/s1. The van der Waals surface area contributed by atoms with Gasteiger partial charge in [-0.3, -0.25) is 5.10 Å². The fraction of sp³-hybridized carbons (Fsp3) is 0.353. The summed E-state index contributed by atoms with van der Waals surface area (Å²) in [6.07, 6.45) is 1.66. The molecule has 130 valence electrons. The molecule has 2 N–H and O–H groups in total. The Bertz CT molecular complexity index is 880. The summed E-state index contributed by atoms with van der Waals surface area (Å²) in [6, 6.07) is 7.05. The third-order valence-corrected chi connectivity index (χ3v) is 4.35. The second-order valence-corrected chi connectivity index (χ2v) is 6.03. The molecule has 1 aliphatic rings. The van der Waals surface area contributed by atoms with E-state index in [1.54, 1.807) is 25.4 Å². The van der Waals surface area contributed by atoms with Gasteiger partial charge in [-0.15, -0.1) is 0 Å². The van der Waals surface area contributed by atoms with Gasteiger partial charge in [0.15, 0.2) is 11.5 Å². The Morgan fingerprint density at radius 1 is 1.36 bits per heavy atom. The minimum absolute atomic E-state index is 0.228. The van der Waals surface area contributed by atoms with E-state index >= 15 is 0 Å². The van der Waals surface area contributed by atoms with Gasteiger partial charge in [0.05, 0.1) is 12.3 Å². The third-order valence-electron chi connectivity index (χ3n) is 4.35. The normalized spacial score (nSPS) is 18.0. The van der Waals surface area contributed by atoms with Crippen molar-refractivity contribution in [2.45, 2.75) is 6.04 Å². The number of aromatic amines is 1. The number of nitrogens with one attached hydrogen (secondary N) is 2. The molecule has 0 bridgehead atoms. The Hall–Kier alpha value is -2.58. The predicted molar refractivity (Wildman–Crippen MR) is 93.0 cm³/mol. The summed E-state index contributed by atoms with van der Waals surface area (Å²) in [4.78, 5) is 10.9. The Kier molecular flexibility index (Phi) is 4.29. The highest BCUT2D eigenvalue weighted by atomic mass is 19.1. The number of methoxy groups -OCH3 is 1. The van der Waals surface area contributed by atoms with Crippen molar-refractivity contribution in [3.8, 4) is 11.4 Å². The van der Waals surface area contributed by atoms with Crippen molar-refractivity contribution in [1.29, 1.82) is 0 Å². The lowest BCUT2D eigenvalue weighted by atomic mass is 10.1. The first kappa shape index (κ1) is 15.9. The summed E-state index contributed by atoms with van der Waals surface area (Å²) in [5.74, 6) is 0.354. The van der Waals surface area contributed by atoms with Crippen LogP contribution in [0.25, 0.3) is 22.4 Å². The van der Waals surface area contributed by atoms with E-state index in [1.807, 2.05) is 6.07 Å². The van der Waals surface area contributed by atoms with Crippen molar-refractivity contribution in [2.75, 3.05) is 38.3 Å². The van der Waals surface area contributed by atoms with Crippen molar-refractivity contribution < 1.29 is 9.13 Å². The molecule has 3 aromatic heterocycles. The monoisotopic (exact) mass is 342 g/mol. The molecule has 0 radical (unpaired) electrons. The van der Waals surface area contributed by atoms with Gasteiger partial charge in [-0.2, -0.15) is 5.10 Å². The number of H-pyrrole nitrogens is 1. The Morgan fingerprint density at radius 2 is 2.28 bits per heavy atom. The van der Waals surface area contributed by atoms with Crippen molar-refractivity contribution in [1.82, 2.24) is 25.5 Å². The molecule has 0 aromatic carbocycles. The van der Waals surface area contributed by atoms with Crippen molar-refractivity contribution >= 4 is 16.9 Å². The lowest BCUT2D eigenvalue weighted by Gasteiger charge is -2.34. The Labute approximate surface area is 144 Å². The van der Waals surface area contributed by atoms with Gasteiger partial charge in [0, 0.05) is 44.4 Å². The molecule has 1 atom stereocenters. The van der Waals surface area contributed by atoms with Crippen molar-refractivity contribution in [3.63, 3.8) is 0 Å². The number of nitrogens with zero attached hydrogens (tertiary/aromatic N) is 4. The Morgan fingerprint density at radius 3 is 3.16 bits per heavy atom. The van der Waals surface area contributed by atoms with Crippen LogP contribution in [0.5, 0.6) is 0 Å². The number of halogens is 1. The zero-order valence-corrected chi connectivity index (χ0v) is 13.9. The number of hydrogen-bond donors (Lipinski definition) is 2. The number of rotatable bonds is 4. The molecular weight excluding hydrogens is 323 g/mol. The summed E-state index contributed by atoms with van der Waals surface area (Å²) < 4.78 is 19.7. The second-order valence-electron chi connectivity index (χ2n) is 6.03. The molecular formula is C17H19FN6O. The molecule has 3 aromatic rings. The molecule has 1 saturated heterocycles. The van der Waals surface area contributed by atoms with Crippen LogP contribution in [-0.4, -0.2) is 59.6 Å². The van der Waals surface area contributed by atoms with Gasteiger partial charge in [-0.25, -0.2) is 14.4 Å². The van der Waals surface area contributed by atoms with Gasteiger partial charge in [0.2, 0.25) is 0 Å². The van der Waals surface area contributed by atoms with Crippen LogP contribution in [-0.2, 0) is 4.74 Å². The number of aromatic nitrogens is 4. The van der Waals surface area contributed by atoms with Crippen molar-refractivity contribution in [2.24, 2.45) is 0 Å². The number of fused-ring (bicyclic) bond motifs is 1. The Balaban J connectivity index is 1.69. The van der Waals surface area contributed by atoms with E-state index in [2.05, 4.69) is 30.4 Å². The van der Waals surface area contributed by atoms with E-state index in [0.29, 0.717) is 17.9 Å². The molecule has 0 amide bonds. The van der Waals surface area contributed by atoms with E-state index < -0.39 is 0 Å². The van der Waals surface area contributed by atoms with Gasteiger partial charge >= 0.3 is 0 Å². The molecule has 1 fully saturated rings. The lowest BCUT2D eigenvalue weighted by molar-refractivity contribution is 0.163. The first-order chi connectivity index (χ1) is 12.3. The van der Waals surface area contributed by atoms with Crippen LogP contribution < -0.4 is 10.2 Å². The van der Waals surface area contributed by atoms with Crippen LogP contribution in [0.15, 0.2) is 30.5 Å². The number of pyridine rings is 2. The number of anilines is 1. The quantitative estimate of drug-likeness (QED) is 0.750. The maximum atomic E-state index is 14.4. The van der Waals surface area contributed by atoms with Gasteiger partial charge in [-0.1, -0.05) is 0 Å². The van der Waals surface area contributed by atoms with E-state index in [-0.39, 0.29) is 17.6 Å². The highest BCUT2D eigenvalue weighted by Crippen LogP contribution is 2.28. The van der Waals surface area contributed by atoms with Crippen LogP contribution in [0.4, 0.5) is 10.2 Å². The molecule has 25 heavy (non-hydrogen) atoms. The fourth-order valence-corrected chi connectivity index (χ4v) is 3.16. The summed E-state index contributed by atoms with van der Waals surface area (Å²) in [5, 5.41) is 11.2. The average molecular weight is 342 g/mol. The molecule has 4 heterocycles. The number of ether oxygens (including phenoxy) is 1. The van der Waals surface area contributed by atoms with Crippen molar-refractivity contribution in [3.05, 3.63) is 36.3 Å². The van der Waals surface area contributed by atoms with E-state index in [0.717, 1.165) is 30.8 Å². The van der Waals surface area contributed by atoms with Crippen LogP contribution >= 0.6 is 0 Å². The highest BCUT2D eigenvalue weighted by molar-refractivity contribution is 5.89. The predicted octanol–water partition coefficient (Wildman–Crippen LogP) is 1.58. The van der Waals surface area contributed by atoms with E-state index in [9.17, 15) is 4.39 Å². The first-order valence-corrected chi connectivity index (χ1v) is 8.19. The van der Waals surface area contributed by atoms with Crippen LogP contribution in [0.2, 0.25) is 0 Å². The molecule has 0 saturated carbocycles. The van der Waals surface area contributed by atoms with Gasteiger partial charge in [-0.05, 0) is 24.3 Å². The van der Waals surface area contributed by atoms with Gasteiger partial charge in [0.1, 0.15) is 11.5 Å². The van der Waals surface area contributed by atoms with E-state index in [4.69, 9.17) is 4.74 Å². The smallest absolute Gasteiger partial charge is 0.181 e. The molecule has 0 spiro atoms. The van der Waals surface area contributed by atoms with Crippen LogP contribution in [0.3, 0.4) is 0 Å². The first-order valence-electron chi connectivity index (χ1n) is 8.19. The van der Waals surface area contributed by atoms with Gasteiger partial charge in [0.25, 0.3) is 0 Å². The summed E-state index contributed by atoms with van der Waals surface area (Å²) in [5.41, 5.74) is 1.35. The number of piperazine rings is 1. The topological polar surface area (TPSA) is 79.0 Å². The summed E-state index contributed by atoms with van der Waals surface area (Å²) in [6.45, 7) is 3.03. The fourth-order valence-electron chi connectivity index (χ4n) is 3.16. The second kappa shape index (κ2) is 6.73. The molecule has 4 rings (SSSR count). The maximum Gasteiger partial charge on any atom is 0.181 e. The summed E-state index contributed by atoms with van der Waals surface area (Å²) in [7, 11) is 1.69. The largest absolute Gasteiger partial charge is 0.383 e. The minimum Gasteiger partial charge on any atom is -0.383 e. The zero-order chi connectivity index (χ0) is 17.2. The average Bonchev–Trinajstić information content (AvgIpc) is 3.07. The molecule has 0 unspecified atom stereocenters. The molecule has 0 aliphatic carbocycles. The minimum atomic E-state index is -0.387. The number of hydrogen-bond acceptors (Lipinski definition) is 6. The van der Waals surface area contributed by atoms with Gasteiger partial charge < -0.3 is 15.0 Å².